The van der Waals surface area contributed by atoms with Gasteiger partial charge in [0, 0.05) is 43.0 Å². The van der Waals surface area contributed by atoms with E-state index in [9.17, 15) is 9.59 Å². The van der Waals surface area contributed by atoms with E-state index >= 15 is 0 Å². The number of para-hydroxylation sites is 1. The summed E-state index contributed by atoms with van der Waals surface area (Å²) in [5.41, 5.74) is 7.01. The van der Waals surface area contributed by atoms with Crippen LogP contribution in [0.25, 0.3) is 11.0 Å². The fraction of sp³-hybridized carbons (Fsp3) is 0.474. The zero-order valence-electron chi connectivity index (χ0n) is 15.0. The fourth-order valence-corrected chi connectivity index (χ4v) is 3.44. The first-order valence-electron chi connectivity index (χ1n) is 8.87. The Morgan fingerprint density at radius 3 is 2.81 bits per heavy atom. The van der Waals surface area contributed by atoms with Gasteiger partial charge in [0.05, 0.1) is 0 Å². The monoisotopic (exact) mass is 379 g/mol. The Kier molecular flexibility index (Phi) is 7.06. The maximum atomic E-state index is 13.1. The Hall–Kier alpha value is -2.05. The first-order valence-corrected chi connectivity index (χ1v) is 8.87. The number of nitrogens with zero attached hydrogens (tertiary/aromatic N) is 1. The molecule has 0 aliphatic carbocycles. The molecule has 0 radical (unpaired) electrons. The lowest BCUT2D eigenvalue weighted by Gasteiger charge is -2.35. The third-order valence-corrected chi connectivity index (χ3v) is 4.83. The summed E-state index contributed by atoms with van der Waals surface area (Å²) in [7, 11) is 0. The molecule has 1 aromatic carbocycles. The number of nitrogens with two attached hydrogens (primary N) is 1. The van der Waals surface area contributed by atoms with Crippen molar-refractivity contribution in [2.75, 3.05) is 19.6 Å². The second-order valence-corrected chi connectivity index (χ2v) is 6.54. The van der Waals surface area contributed by atoms with Crippen LogP contribution in [0.1, 0.15) is 41.8 Å². The average Bonchev–Trinajstić information content (AvgIpc) is 2.97. The Balaban J connectivity index is 0.00000243. The van der Waals surface area contributed by atoms with Gasteiger partial charge in [0.2, 0.25) is 5.91 Å². The van der Waals surface area contributed by atoms with Crippen LogP contribution in [-0.2, 0) is 4.79 Å². The van der Waals surface area contributed by atoms with Gasteiger partial charge in [0.1, 0.15) is 5.58 Å². The van der Waals surface area contributed by atoms with Gasteiger partial charge in [0.15, 0.2) is 5.76 Å². The van der Waals surface area contributed by atoms with Crippen LogP contribution in [0.4, 0.5) is 0 Å². The standard InChI is InChI=1S/C19H25N3O3.ClH/c1-13-15-7-2-3-8-16(15)25-18(13)19(24)22-11-5-4-6-14(22)12-21-17(23)9-10-20;/h2-3,7-8,14H,4-6,9-12,20H2,1H3,(H,21,23);1H. The molecule has 3 rings (SSSR count). The van der Waals surface area contributed by atoms with Crippen LogP contribution < -0.4 is 11.1 Å². The van der Waals surface area contributed by atoms with Gasteiger partial charge in [-0.25, -0.2) is 0 Å². The highest BCUT2D eigenvalue weighted by atomic mass is 35.5. The van der Waals surface area contributed by atoms with Gasteiger partial charge in [-0.05, 0) is 32.3 Å². The number of furan rings is 1. The molecule has 0 bridgehead atoms. The maximum Gasteiger partial charge on any atom is 0.290 e. The normalized spacial score (nSPS) is 17.0. The number of halogens is 1. The van der Waals surface area contributed by atoms with Crippen LogP contribution in [0.2, 0.25) is 0 Å². The predicted octanol–water partition coefficient (Wildman–Crippen LogP) is 2.62. The molecule has 142 valence electrons. The fourth-order valence-electron chi connectivity index (χ4n) is 3.44. The molecule has 1 unspecified atom stereocenters. The number of carbonyl (C=O) groups is 2. The number of aryl methyl sites for hydroxylation is 1. The van der Waals surface area contributed by atoms with E-state index in [1.165, 1.54) is 0 Å². The maximum absolute atomic E-state index is 13.1. The molecule has 2 amide bonds. The van der Waals surface area contributed by atoms with Gasteiger partial charge in [-0.1, -0.05) is 18.2 Å². The smallest absolute Gasteiger partial charge is 0.290 e. The van der Waals surface area contributed by atoms with E-state index in [0.717, 1.165) is 35.8 Å². The molecular formula is C19H26ClN3O3. The van der Waals surface area contributed by atoms with Crippen molar-refractivity contribution in [3.63, 3.8) is 0 Å². The quantitative estimate of drug-likeness (QED) is 0.835. The second-order valence-electron chi connectivity index (χ2n) is 6.54. The Morgan fingerprint density at radius 2 is 2.08 bits per heavy atom. The van der Waals surface area contributed by atoms with Crippen molar-refractivity contribution in [2.45, 2.75) is 38.6 Å². The highest BCUT2D eigenvalue weighted by Gasteiger charge is 2.31. The minimum absolute atomic E-state index is 0. The molecule has 6 nitrogen and oxygen atoms in total. The van der Waals surface area contributed by atoms with Crippen LogP contribution >= 0.6 is 12.4 Å². The number of benzene rings is 1. The van der Waals surface area contributed by atoms with Crippen molar-refractivity contribution in [1.29, 1.82) is 0 Å². The lowest BCUT2D eigenvalue weighted by Crippen LogP contribution is -2.49. The van der Waals surface area contributed by atoms with Crippen LogP contribution in [0.5, 0.6) is 0 Å². The van der Waals surface area contributed by atoms with Crippen LogP contribution in [0, 0.1) is 6.92 Å². The van der Waals surface area contributed by atoms with Gasteiger partial charge in [-0.3, -0.25) is 9.59 Å². The first kappa shape index (κ1) is 20.3. The van der Waals surface area contributed by atoms with Crippen molar-refractivity contribution in [3.8, 4) is 0 Å². The number of nitrogens with one attached hydrogen (secondary N) is 1. The molecule has 2 aromatic rings. The third kappa shape index (κ3) is 4.19. The Morgan fingerprint density at radius 1 is 1.31 bits per heavy atom. The highest BCUT2D eigenvalue weighted by molar-refractivity contribution is 5.99. The Labute approximate surface area is 159 Å². The van der Waals surface area contributed by atoms with Crippen LogP contribution in [0.3, 0.4) is 0 Å². The van der Waals surface area contributed by atoms with E-state index in [-0.39, 0.29) is 30.3 Å². The number of hydrogen-bond donors (Lipinski definition) is 2. The molecule has 1 aliphatic rings. The molecule has 2 heterocycles. The number of amides is 2. The summed E-state index contributed by atoms with van der Waals surface area (Å²) in [5.74, 6) is 0.244. The van der Waals surface area contributed by atoms with E-state index < -0.39 is 0 Å². The third-order valence-electron chi connectivity index (χ3n) is 4.83. The van der Waals surface area contributed by atoms with E-state index in [2.05, 4.69) is 5.32 Å². The first-order chi connectivity index (χ1) is 12.1. The van der Waals surface area contributed by atoms with Crippen molar-refractivity contribution in [3.05, 3.63) is 35.6 Å². The number of fused-ring (bicyclic) bond motifs is 1. The lowest BCUT2D eigenvalue weighted by molar-refractivity contribution is -0.121. The number of rotatable bonds is 5. The topological polar surface area (TPSA) is 88.6 Å². The molecule has 1 saturated heterocycles. The lowest BCUT2D eigenvalue weighted by atomic mass is 10.0. The van der Waals surface area contributed by atoms with E-state index in [4.69, 9.17) is 10.2 Å². The van der Waals surface area contributed by atoms with Gasteiger partial charge in [-0.2, -0.15) is 0 Å². The molecule has 1 fully saturated rings. The number of hydrogen-bond acceptors (Lipinski definition) is 4. The van der Waals surface area contributed by atoms with Gasteiger partial charge >= 0.3 is 0 Å². The number of likely N-dealkylation sites (tertiary alicyclic amines) is 1. The molecular weight excluding hydrogens is 354 g/mol. The molecule has 0 spiro atoms. The summed E-state index contributed by atoms with van der Waals surface area (Å²) >= 11 is 0. The SMILES string of the molecule is Cc1c(C(=O)N2CCCCC2CNC(=O)CCN)oc2ccccc12.Cl. The van der Waals surface area contributed by atoms with E-state index in [0.29, 0.717) is 31.8 Å². The average molecular weight is 380 g/mol. The van der Waals surface area contributed by atoms with E-state index in [1.807, 2.05) is 36.1 Å². The summed E-state index contributed by atoms with van der Waals surface area (Å²) in [5, 5.41) is 3.86. The largest absolute Gasteiger partial charge is 0.451 e. The molecule has 1 aliphatic heterocycles. The molecule has 1 aromatic heterocycles. The zero-order valence-corrected chi connectivity index (χ0v) is 15.8. The molecule has 3 N–H and O–H groups in total. The van der Waals surface area contributed by atoms with Crippen LogP contribution in [0.15, 0.2) is 28.7 Å². The van der Waals surface area contributed by atoms with Crippen LogP contribution in [-0.4, -0.2) is 42.4 Å². The summed E-state index contributed by atoms with van der Waals surface area (Å²) in [6.07, 6.45) is 3.22. The minimum Gasteiger partial charge on any atom is -0.451 e. The van der Waals surface area contributed by atoms with Gasteiger partial charge < -0.3 is 20.4 Å². The van der Waals surface area contributed by atoms with Gasteiger partial charge in [0.25, 0.3) is 5.91 Å². The molecule has 0 saturated carbocycles. The zero-order chi connectivity index (χ0) is 17.8. The minimum atomic E-state index is -0.0912. The molecule has 1 atom stereocenters. The van der Waals surface area contributed by atoms with Gasteiger partial charge in [-0.15, -0.1) is 12.4 Å². The Bertz CT molecular complexity index is 774. The molecule has 7 heteroatoms. The molecule has 26 heavy (non-hydrogen) atoms. The van der Waals surface area contributed by atoms with Crippen molar-refractivity contribution < 1.29 is 14.0 Å². The second kappa shape index (κ2) is 9.05. The van der Waals surface area contributed by atoms with Crippen molar-refractivity contribution >= 4 is 35.2 Å². The summed E-state index contributed by atoms with van der Waals surface area (Å²) in [6.45, 7) is 3.40. The number of piperidine rings is 1. The number of carbonyl (C=O) groups excluding carboxylic acids is 2. The van der Waals surface area contributed by atoms with E-state index in [1.54, 1.807) is 0 Å². The summed E-state index contributed by atoms with van der Waals surface area (Å²) in [6, 6.07) is 7.67. The van der Waals surface area contributed by atoms with Crippen molar-refractivity contribution in [2.24, 2.45) is 5.73 Å². The highest BCUT2D eigenvalue weighted by Crippen LogP contribution is 2.28. The van der Waals surface area contributed by atoms with Crippen molar-refractivity contribution in [1.82, 2.24) is 10.2 Å². The summed E-state index contributed by atoms with van der Waals surface area (Å²) < 4.78 is 5.83. The predicted molar refractivity (Wildman–Crippen MR) is 104 cm³/mol. The summed E-state index contributed by atoms with van der Waals surface area (Å²) in [4.78, 5) is 26.6.